The molecule has 5 aromatic rings. The molecule has 0 saturated carbocycles. The Balaban J connectivity index is 1.40. The predicted octanol–water partition coefficient (Wildman–Crippen LogP) is 7.76. The van der Waals surface area contributed by atoms with Gasteiger partial charge in [-0.2, -0.15) is 0 Å². The summed E-state index contributed by atoms with van der Waals surface area (Å²) in [6, 6.07) is 33.2. The lowest BCUT2D eigenvalue weighted by atomic mass is 9.93. The zero-order chi connectivity index (χ0) is 29.3. The second kappa shape index (κ2) is 14.2. The minimum Gasteiger partial charge on any atom is -0.507 e. The third-order valence-electron chi connectivity index (χ3n) is 7.03. The number of benzene rings is 4. The number of carbonyl (C=O) groups excluding carboxylic acids is 1. The van der Waals surface area contributed by atoms with Gasteiger partial charge in [0.15, 0.2) is 5.16 Å². The number of nitrogens with zero attached hydrogens (tertiary/aromatic N) is 3. The number of para-hydroxylation sites is 1. The molecule has 1 heterocycles. The van der Waals surface area contributed by atoms with Crippen molar-refractivity contribution < 1.29 is 9.90 Å². The zero-order valence-electron chi connectivity index (χ0n) is 23.4. The van der Waals surface area contributed by atoms with Crippen molar-refractivity contribution in [2.75, 3.05) is 6.54 Å². The molecule has 1 atom stereocenters. The second-order valence-corrected chi connectivity index (χ2v) is 11.6. The van der Waals surface area contributed by atoms with Crippen LogP contribution in [0, 0.1) is 6.92 Å². The van der Waals surface area contributed by atoms with E-state index in [4.69, 9.17) is 16.7 Å². The highest BCUT2D eigenvalue weighted by Crippen LogP contribution is 2.32. The van der Waals surface area contributed by atoms with Crippen LogP contribution in [-0.4, -0.2) is 32.3 Å². The molecule has 1 amide bonds. The zero-order valence-corrected chi connectivity index (χ0v) is 25.0. The number of thioether (sulfide) groups is 1. The molecule has 2 N–H and O–H groups in total. The number of halogens is 1. The van der Waals surface area contributed by atoms with Gasteiger partial charge in [0.25, 0.3) is 5.91 Å². The maximum atomic E-state index is 12.6. The Morgan fingerprint density at radius 1 is 0.929 bits per heavy atom. The van der Waals surface area contributed by atoms with Gasteiger partial charge in [-0.15, -0.1) is 10.2 Å². The third kappa shape index (κ3) is 7.60. The van der Waals surface area contributed by atoms with Gasteiger partial charge in [0, 0.05) is 23.2 Å². The van der Waals surface area contributed by atoms with Gasteiger partial charge in [-0.1, -0.05) is 102 Å². The van der Waals surface area contributed by atoms with E-state index in [-0.39, 0.29) is 23.1 Å². The molecule has 214 valence electrons. The van der Waals surface area contributed by atoms with E-state index in [9.17, 15) is 9.90 Å². The van der Waals surface area contributed by atoms with Crippen LogP contribution in [-0.2, 0) is 12.2 Å². The maximum Gasteiger partial charge on any atom is 0.255 e. The number of carbonyl (C=O) groups is 1. The summed E-state index contributed by atoms with van der Waals surface area (Å²) in [6.45, 7) is 2.57. The van der Waals surface area contributed by atoms with E-state index < -0.39 is 0 Å². The molecule has 5 rings (SSSR count). The topological polar surface area (TPSA) is 80.0 Å². The van der Waals surface area contributed by atoms with Gasteiger partial charge >= 0.3 is 0 Å². The molecular formula is C34H33ClN4O2S. The highest BCUT2D eigenvalue weighted by Gasteiger charge is 2.24. The van der Waals surface area contributed by atoms with Crippen LogP contribution in [0.5, 0.6) is 5.75 Å². The van der Waals surface area contributed by atoms with Crippen LogP contribution in [0.4, 0.5) is 0 Å². The van der Waals surface area contributed by atoms with Crippen LogP contribution in [0.2, 0.25) is 5.02 Å². The van der Waals surface area contributed by atoms with Crippen molar-refractivity contribution in [2.24, 2.45) is 0 Å². The number of rotatable bonds is 12. The number of aromatic hydroxyl groups is 1. The average molecular weight is 597 g/mol. The Labute approximate surface area is 255 Å². The number of amides is 1. The number of nitrogens with one attached hydrogen (secondary N) is 1. The predicted molar refractivity (Wildman–Crippen MR) is 170 cm³/mol. The average Bonchev–Trinajstić information content (AvgIpc) is 3.42. The number of phenols is 1. The lowest BCUT2D eigenvalue weighted by Gasteiger charge is -2.19. The molecule has 0 radical (unpaired) electrons. The first-order valence-corrected chi connectivity index (χ1v) is 15.3. The number of aryl methyl sites for hydroxylation is 1. The summed E-state index contributed by atoms with van der Waals surface area (Å²) >= 11 is 8.09. The summed E-state index contributed by atoms with van der Waals surface area (Å²) in [4.78, 5) is 12.6. The molecule has 0 aliphatic heterocycles. The summed E-state index contributed by atoms with van der Waals surface area (Å²) < 4.78 is 2.13. The van der Waals surface area contributed by atoms with Gasteiger partial charge in [0.05, 0.1) is 11.3 Å². The molecule has 0 saturated heterocycles. The van der Waals surface area contributed by atoms with Gasteiger partial charge < -0.3 is 10.4 Å². The summed E-state index contributed by atoms with van der Waals surface area (Å²) in [5.41, 5.74) is 4.84. The van der Waals surface area contributed by atoms with Crippen molar-refractivity contribution in [3.63, 3.8) is 0 Å². The van der Waals surface area contributed by atoms with Gasteiger partial charge in [0.1, 0.15) is 11.6 Å². The fourth-order valence-electron chi connectivity index (χ4n) is 4.98. The molecule has 0 aliphatic rings. The number of hydrogen-bond acceptors (Lipinski definition) is 5. The minimum absolute atomic E-state index is 0.0257. The maximum absolute atomic E-state index is 12.6. The van der Waals surface area contributed by atoms with Crippen molar-refractivity contribution >= 4 is 29.3 Å². The summed E-state index contributed by atoms with van der Waals surface area (Å²) in [6.07, 6.45) is 2.28. The highest BCUT2D eigenvalue weighted by atomic mass is 35.5. The smallest absolute Gasteiger partial charge is 0.255 e. The molecule has 6 nitrogen and oxygen atoms in total. The number of hydrogen-bond donors (Lipinski definition) is 2. The van der Waals surface area contributed by atoms with E-state index in [1.165, 1.54) is 22.8 Å². The molecule has 0 spiro atoms. The van der Waals surface area contributed by atoms with Crippen molar-refractivity contribution in [1.82, 2.24) is 20.1 Å². The largest absolute Gasteiger partial charge is 0.507 e. The van der Waals surface area contributed by atoms with Crippen molar-refractivity contribution in [3.05, 3.63) is 136 Å². The summed E-state index contributed by atoms with van der Waals surface area (Å²) in [7, 11) is 0. The molecular weight excluding hydrogens is 564 g/mol. The Kier molecular flexibility index (Phi) is 9.95. The van der Waals surface area contributed by atoms with Gasteiger partial charge in [-0.05, 0) is 67.6 Å². The standard InChI is InChI=1S/C34H33ClN4O2S/c1-24-10-7-13-26(20-24)23-42-34-38-37-32(39(34)29-16-8-15-28(35)22-29)27(21-25-11-3-2-4-12-25)14-9-19-36-33(41)30-17-5-6-18-31(30)40/h2-8,10-13,15-18,20,22,27,40H,9,14,19,21,23H2,1H3,(H,36,41). The molecule has 4 aromatic carbocycles. The van der Waals surface area contributed by atoms with Crippen LogP contribution in [0.15, 0.2) is 108 Å². The highest BCUT2D eigenvalue weighted by molar-refractivity contribution is 7.98. The second-order valence-electron chi connectivity index (χ2n) is 10.2. The SMILES string of the molecule is Cc1cccc(CSc2nnc(C(CCCNC(=O)c3ccccc3O)Cc3ccccc3)n2-c2cccc(Cl)c2)c1. The number of phenolic OH excluding ortho intramolecular Hbond substituents is 1. The van der Waals surface area contributed by atoms with E-state index >= 15 is 0 Å². The third-order valence-corrected chi connectivity index (χ3v) is 8.26. The van der Waals surface area contributed by atoms with Crippen molar-refractivity contribution in [1.29, 1.82) is 0 Å². The monoisotopic (exact) mass is 596 g/mol. The van der Waals surface area contributed by atoms with Gasteiger partial charge in [0.2, 0.25) is 0 Å². The molecule has 0 aliphatic carbocycles. The van der Waals surface area contributed by atoms with Crippen molar-refractivity contribution in [3.8, 4) is 11.4 Å². The lowest BCUT2D eigenvalue weighted by molar-refractivity contribution is 0.0950. The van der Waals surface area contributed by atoms with Crippen LogP contribution >= 0.6 is 23.4 Å². The van der Waals surface area contributed by atoms with Crippen molar-refractivity contribution in [2.45, 2.75) is 43.0 Å². The first kappa shape index (κ1) is 29.4. The van der Waals surface area contributed by atoms with E-state index in [1.54, 1.807) is 30.0 Å². The normalized spacial score (nSPS) is 11.8. The Morgan fingerprint density at radius 2 is 1.69 bits per heavy atom. The van der Waals surface area contributed by atoms with E-state index in [1.807, 2.05) is 42.5 Å². The molecule has 0 bridgehead atoms. The Hall–Kier alpha value is -4.07. The van der Waals surface area contributed by atoms with Gasteiger partial charge in [-0.25, -0.2) is 0 Å². The van der Waals surface area contributed by atoms with Crippen LogP contribution in [0.25, 0.3) is 5.69 Å². The van der Waals surface area contributed by atoms with Gasteiger partial charge in [-0.3, -0.25) is 9.36 Å². The molecule has 0 fully saturated rings. The molecule has 42 heavy (non-hydrogen) atoms. The summed E-state index contributed by atoms with van der Waals surface area (Å²) in [5, 5.41) is 23.9. The van der Waals surface area contributed by atoms with Crippen LogP contribution in [0.1, 0.15) is 51.6 Å². The number of aromatic nitrogens is 3. The first-order chi connectivity index (χ1) is 20.5. The minimum atomic E-state index is -0.287. The summed E-state index contributed by atoms with van der Waals surface area (Å²) in [5.74, 6) is 1.35. The first-order valence-electron chi connectivity index (χ1n) is 14.0. The molecule has 8 heteroatoms. The fourth-order valence-corrected chi connectivity index (χ4v) is 6.07. The van der Waals surface area contributed by atoms with Crippen LogP contribution in [0.3, 0.4) is 0 Å². The molecule has 1 unspecified atom stereocenters. The van der Waals surface area contributed by atoms with E-state index in [0.717, 1.165) is 41.7 Å². The lowest BCUT2D eigenvalue weighted by Crippen LogP contribution is -2.25. The van der Waals surface area contributed by atoms with E-state index in [2.05, 4.69) is 58.3 Å². The van der Waals surface area contributed by atoms with Crippen LogP contribution < -0.4 is 5.32 Å². The Morgan fingerprint density at radius 3 is 2.48 bits per heavy atom. The Bertz CT molecular complexity index is 1640. The quantitative estimate of drug-likeness (QED) is 0.114. The fraction of sp³-hybridized carbons (Fsp3) is 0.206. The molecule has 1 aromatic heterocycles. The van der Waals surface area contributed by atoms with E-state index in [0.29, 0.717) is 11.6 Å².